The first-order valence-electron chi connectivity index (χ1n) is 9.15. The summed E-state index contributed by atoms with van der Waals surface area (Å²) in [6, 6.07) is 15.3. The summed E-state index contributed by atoms with van der Waals surface area (Å²) in [6.45, 7) is 1.79. The van der Waals surface area contributed by atoms with Crippen LogP contribution in [0, 0.1) is 0 Å². The first-order chi connectivity index (χ1) is 13.7. The third kappa shape index (κ3) is 3.55. The van der Waals surface area contributed by atoms with Gasteiger partial charge in [-0.3, -0.25) is 4.79 Å². The van der Waals surface area contributed by atoms with E-state index in [-0.39, 0.29) is 5.91 Å². The van der Waals surface area contributed by atoms with Crippen LogP contribution in [0.25, 0.3) is 11.4 Å². The Kier molecular flexibility index (Phi) is 4.97. The zero-order chi connectivity index (χ0) is 19.5. The molecule has 0 fully saturated rings. The Bertz CT molecular complexity index is 964. The highest BCUT2D eigenvalue weighted by molar-refractivity contribution is 5.79. The number of amides is 1. The Morgan fingerprint density at radius 1 is 0.929 bits per heavy atom. The zero-order valence-corrected chi connectivity index (χ0v) is 16.0. The maximum atomic E-state index is 12.7. The highest BCUT2D eigenvalue weighted by atomic mass is 16.5. The van der Waals surface area contributed by atoms with Crippen LogP contribution < -0.4 is 9.47 Å². The van der Waals surface area contributed by atoms with Crippen LogP contribution in [0.15, 0.2) is 48.5 Å². The van der Waals surface area contributed by atoms with E-state index in [1.807, 2.05) is 53.4 Å². The molecule has 0 saturated carbocycles. The lowest BCUT2D eigenvalue weighted by molar-refractivity contribution is -0.132. The summed E-state index contributed by atoms with van der Waals surface area (Å²) in [5.41, 5.74) is 1.95. The number of rotatable bonds is 5. The molecule has 3 aromatic rings. The van der Waals surface area contributed by atoms with Gasteiger partial charge in [0, 0.05) is 18.7 Å². The molecule has 0 N–H and O–H groups in total. The predicted octanol–water partition coefficient (Wildman–Crippen LogP) is 2.55. The lowest BCUT2D eigenvalue weighted by Gasteiger charge is -2.28. The van der Waals surface area contributed by atoms with Gasteiger partial charge in [0.1, 0.15) is 11.5 Å². The van der Waals surface area contributed by atoms with Crippen LogP contribution in [-0.2, 0) is 24.3 Å². The Morgan fingerprint density at radius 3 is 2.21 bits per heavy atom. The van der Waals surface area contributed by atoms with Gasteiger partial charge >= 0.3 is 0 Å². The summed E-state index contributed by atoms with van der Waals surface area (Å²) in [6.07, 6.45) is 0.365. The Morgan fingerprint density at radius 2 is 1.57 bits per heavy atom. The van der Waals surface area contributed by atoms with Gasteiger partial charge in [-0.1, -0.05) is 12.1 Å². The predicted molar refractivity (Wildman–Crippen MR) is 104 cm³/mol. The van der Waals surface area contributed by atoms with Crippen LogP contribution in [0.3, 0.4) is 0 Å². The number of benzene rings is 2. The molecule has 2 aromatic carbocycles. The summed E-state index contributed by atoms with van der Waals surface area (Å²) in [4.78, 5) is 14.5. The molecule has 1 amide bonds. The van der Waals surface area contributed by atoms with Gasteiger partial charge in [-0.25, -0.2) is 0 Å². The monoisotopic (exact) mass is 378 g/mol. The average molecular weight is 378 g/mol. The van der Waals surface area contributed by atoms with Gasteiger partial charge in [0.05, 0.1) is 27.2 Å². The maximum absolute atomic E-state index is 12.7. The number of carbonyl (C=O) groups excluding carboxylic acids is 1. The van der Waals surface area contributed by atoms with Gasteiger partial charge in [-0.15, -0.1) is 10.2 Å². The molecule has 28 heavy (non-hydrogen) atoms. The molecular formula is C21H22N4O3. The van der Waals surface area contributed by atoms with Crippen molar-refractivity contribution in [2.24, 2.45) is 0 Å². The Hall–Kier alpha value is -3.35. The summed E-state index contributed by atoms with van der Waals surface area (Å²) in [5, 5.41) is 8.65. The molecular weight excluding hydrogens is 356 g/mol. The SMILES string of the molecule is COc1ccc(CC(=O)N2CCn3c(nnc3-c3ccc(OC)cc3)C2)cc1. The van der Waals surface area contributed by atoms with Crippen molar-refractivity contribution in [2.45, 2.75) is 19.5 Å². The molecule has 0 radical (unpaired) electrons. The van der Waals surface area contributed by atoms with Crippen LogP contribution in [0.5, 0.6) is 11.5 Å². The van der Waals surface area contributed by atoms with Crippen LogP contribution in [0.4, 0.5) is 0 Å². The number of nitrogens with zero attached hydrogens (tertiary/aromatic N) is 4. The molecule has 1 aromatic heterocycles. The third-order valence-electron chi connectivity index (χ3n) is 4.97. The maximum Gasteiger partial charge on any atom is 0.227 e. The highest BCUT2D eigenvalue weighted by Gasteiger charge is 2.25. The number of ether oxygens (including phenoxy) is 2. The van der Waals surface area contributed by atoms with E-state index in [1.165, 1.54) is 0 Å². The number of aromatic nitrogens is 3. The standard InChI is InChI=1S/C21H22N4O3/c1-27-17-7-3-15(4-8-17)13-20(26)24-11-12-25-19(14-24)22-23-21(25)16-5-9-18(28-2)10-6-16/h3-10H,11-14H2,1-2H3. The van der Waals surface area contributed by atoms with Crippen molar-refractivity contribution in [1.29, 1.82) is 0 Å². The minimum atomic E-state index is 0.0883. The third-order valence-corrected chi connectivity index (χ3v) is 4.97. The largest absolute Gasteiger partial charge is 0.497 e. The summed E-state index contributed by atoms with van der Waals surface area (Å²) >= 11 is 0. The molecule has 0 unspecified atom stereocenters. The van der Waals surface area contributed by atoms with Gasteiger partial charge in [0.15, 0.2) is 11.6 Å². The molecule has 4 rings (SSSR count). The number of methoxy groups -OCH3 is 2. The molecule has 0 spiro atoms. The van der Waals surface area contributed by atoms with Crippen LogP contribution in [0.1, 0.15) is 11.4 Å². The first-order valence-corrected chi connectivity index (χ1v) is 9.15. The van der Waals surface area contributed by atoms with E-state index in [4.69, 9.17) is 9.47 Å². The van der Waals surface area contributed by atoms with Crippen LogP contribution in [0.2, 0.25) is 0 Å². The van der Waals surface area contributed by atoms with E-state index >= 15 is 0 Å². The van der Waals surface area contributed by atoms with Crippen LogP contribution >= 0.6 is 0 Å². The molecule has 0 aliphatic carbocycles. The smallest absolute Gasteiger partial charge is 0.227 e. The van der Waals surface area contributed by atoms with Gasteiger partial charge in [-0.2, -0.15) is 0 Å². The minimum Gasteiger partial charge on any atom is -0.497 e. The second-order valence-corrected chi connectivity index (χ2v) is 6.66. The van der Waals surface area contributed by atoms with Crippen molar-refractivity contribution in [3.8, 4) is 22.9 Å². The first kappa shape index (κ1) is 18.0. The normalized spacial score (nSPS) is 13.1. The van der Waals surface area contributed by atoms with Gasteiger partial charge < -0.3 is 18.9 Å². The fourth-order valence-corrected chi connectivity index (χ4v) is 3.35. The Labute approximate surface area is 163 Å². The summed E-state index contributed by atoms with van der Waals surface area (Å²) < 4.78 is 12.5. The number of fused-ring (bicyclic) bond motifs is 1. The molecule has 144 valence electrons. The Balaban J connectivity index is 1.46. The van der Waals surface area contributed by atoms with Crippen LogP contribution in [-0.4, -0.2) is 46.3 Å². The van der Waals surface area contributed by atoms with Crippen molar-refractivity contribution in [1.82, 2.24) is 19.7 Å². The van der Waals surface area contributed by atoms with Gasteiger partial charge in [0.2, 0.25) is 5.91 Å². The molecule has 1 aliphatic heterocycles. The van der Waals surface area contributed by atoms with Crippen molar-refractivity contribution in [2.75, 3.05) is 20.8 Å². The molecule has 0 atom stereocenters. The van der Waals surface area contributed by atoms with E-state index in [9.17, 15) is 4.79 Å². The topological polar surface area (TPSA) is 69.5 Å². The second-order valence-electron chi connectivity index (χ2n) is 6.66. The lowest BCUT2D eigenvalue weighted by Crippen LogP contribution is -2.39. The van der Waals surface area contributed by atoms with Gasteiger partial charge in [-0.05, 0) is 42.0 Å². The van der Waals surface area contributed by atoms with Crippen molar-refractivity contribution in [3.63, 3.8) is 0 Å². The number of hydrogen-bond donors (Lipinski definition) is 0. The van der Waals surface area contributed by atoms with E-state index in [1.54, 1.807) is 14.2 Å². The van der Waals surface area contributed by atoms with Crippen molar-refractivity contribution < 1.29 is 14.3 Å². The average Bonchev–Trinajstić information content (AvgIpc) is 3.17. The fourth-order valence-electron chi connectivity index (χ4n) is 3.35. The molecule has 7 heteroatoms. The van der Waals surface area contributed by atoms with E-state index in [0.717, 1.165) is 34.3 Å². The summed E-state index contributed by atoms with van der Waals surface area (Å²) in [5.74, 6) is 3.30. The second kappa shape index (κ2) is 7.72. The van der Waals surface area contributed by atoms with E-state index in [0.29, 0.717) is 26.1 Å². The van der Waals surface area contributed by atoms with Gasteiger partial charge in [0.25, 0.3) is 0 Å². The summed E-state index contributed by atoms with van der Waals surface area (Å²) in [7, 11) is 3.27. The number of hydrogen-bond acceptors (Lipinski definition) is 5. The highest BCUT2D eigenvalue weighted by Crippen LogP contribution is 2.24. The molecule has 0 bridgehead atoms. The molecule has 7 nitrogen and oxygen atoms in total. The lowest BCUT2D eigenvalue weighted by atomic mass is 10.1. The molecule has 1 aliphatic rings. The fraction of sp³-hybridized carbons (Fsp3) is 0.286. The molecule has 0 saturated heterocycles. The molecule has 2 heterocycles. The zero-order valence-electron chi connectivity index (χ0n) is 16.0. The van der Waals surface area contributed by atoms with Crippen molar-refractivity contribution in [3.05, 3.63) is 59.9 Å². The van der Waals surface area contributed by atoms with E-state index < -0.39 is 0 Å². The minimum absolute atomic E-state index is 0.0883. The van der Waals surface area contributed by atoms with Crippen molar-refractivity contribution >= 4 is 5.91 Å². The quantitative estimate of drug-likeness (QED) is 0.682. The van der Waals surface area contributed by atoms with E-state index in [2.05, 4.69) is 14.8 Å². The number of carbonyl (C=O) groups is 1.